The van der Waals surface area contributed by atoms with Gasteiger partial charge in [0.2, 0.25) is 0 Å². The molecule has 1 saturated heterocycles. The molecule has 0 unspecified atom stereocenters. The van der Waals surface area contributed by atoms with Crippen molar-refractivity contribution in [3.8, 4) is 11.3 Å². The molecule has 4 heteroatoms. The van der Waals surface area contributed by atoms with Crippen molar-refractivity contribution in [2.75, 3.05) is 13.1 Å². The zero-order chi connectivity index (χ0) is 11.5. The van der Waals surface area contributed by atoms with Crippen molar-refractivity contribution in [1.82, 2.24) is 20.8 Å². The van der Waals surface area contributed by atoms with Gasteiger partial charge in [0.1, 0.15) is 0 Å². The van der Waals surface area contributed by atoms with Gasteiger partial charge in [0.25, 0.3) is 0 Å². The molecule has 2 aromatic rings. The maximum atomic E-state index is 4.52. The quantitative estimate of drug-likeness (QED) is 0.811. The predicted molar refractivity (Wildman–Crippen MR) is 66.2 cm³/mol. The Labute approximate surface area is 100 Å². The lowest BCUT2D eigenvalue weighted by molar-refractivity contribution is 0.689. The molecule has 3 rings (SSSR count). The summed E-state index contributed by atoms with van der Waals surface area (Å²) in [5, 5.41) is 0. The highest BCUT2D eigenvalue weighted by molar-refractivity contribution is 5.57. The smallest absolute Gasteiger partial charge is 0.0717 e. The van der Waals surface area contributed by atoms with Crippen LogP contribution in [0.1, 0.15) is 11.6 Å². The average molecular weight is 226 g/mol. The molecule has 0 radical (unpaired) electrons. The van der Waals surface area contributed by atoms with Gasteiger partial charge < -0.3 is 0 Å². The number of pyridine rings is 2. The second-order valence-corrected chi connectivity index (χ2v) is 4.15. The maximum absolute atomic E-state index is 4.52. The van der Waals surface area contributed by atoms with E-state index >= 15 is 0 Å². The molecule has 1 aliphatic heterocycles. The fourth-order valence-electron chi connectivity index (χ4n) is 2.00. The molecule has 0 saturated carbocycles. The van der Waals surface area contributed by atoms with Crippen LogP contribution in [-0.2, 0) is 0 Å². The molecule has 0 aliphatic carbocycles. The van der Waals surface area contributed by atoms with E-state index in [9.17, 15) is 0 Å². The molecule has 0 atom stereocenters. The third-order valence-corrected chi connectivity index (χ3v) is 2.99. The van der Waals surface area contributed by atoms with Gasteiger partial charge in [-0.05, 0) is 24.3 Å². The van der Waals surface area contributed by atoms with Crippen LogP contribution in [0.2, 0.25) is 0 Å². The van der Waals surface area contributed by atoms with Crippen LogP contribution in [0.25, 0.3) is 11.3 Å². The van der Waals surface area contributed by atoms with Gasteiger partial charge in [-0.15, -0.1) is 0 Å². The van der Waals surface area contributed by atoms with Crippen molar-refractivity contribution in [2.24, 2.45) is 0 Å². The normalized spacial score (nSPS) is 16.2. The molecule has 1 aliphatic rings. The number of hydrazine groups is 1. The Hall–Kier alpha value is -1.78. The van der Waals surface area contributed by atoms with Crippen LogP contribution in [0.3, 0.4) is 0 Å². The highest BCUT2D eigenvalue weighted by Crippen LogP contribution is 2.19. The van der Waals surface area contributed by atoms with Gasteiger partial charge in [-0.1, -0.05) is 6.07 Å². The Bertz CT molecular complexity index is 475. The van der Waals surface area contributed by atoms with E-state index in [0.717, 1.165) is 30.0 Å². The van der Waals surface area contributed by atoms with Gasteiger partial charge in [-0.25, -0.2) is 0 Å². The lowest BCUT2D eigenvalue weighted by Crippen LogP contribution is -2.21. The average Bonchev–Trinajstić information content (AvgIpc) is 2.94. The number of rotatable bonds is 2. The highest BCUT2D eigenvalue weighted by Gasteiger charge is 2.17. The summed E-state index contributed by atoms with van der Waals surface area (Å²) in [6.45, 7) is 1.88. The molecule has 86 valence electrons. The molecule has 0 aromatic carbocycles. The van der Waals surface area contributed by atoms with E-state index < -0.39 is 0 Å². The Kier molecular flexibility index (Phi) is 2.81. The van der Waals surface area contributed by atoms with Crippen LogP contribution < -0.4 is 10.9 Å². The summed E-state index contributed by atoms with van der Waals surface area (Å²) in [7, 11) is 0. The van der Waals surface area contributed by atoms with Crippen molar-refractivity contribution in [3.63, 3.8) is 0 Å². The third kappa shape index (κ3) is 2.18. The van der Waals surface area contributed by atoms with Crippen LogP contribution in [0.5, 0.6) is 0 Å². The van der Waals surface area contributed by atoms with Gasteiger partial charge >= 0.3 is 0 Å². The zero-order valence-corrected chi connectivity index (χ0v) is 9.43. The number of aromatic nitrogens is 2. The molecular weight excluding hydrogens is 212 g/mol. The maximum Gasteiger partial charge on any atom is 0.0717 e. The number of hydrogen-bond acceptors (Lipinski definition) is 4. The standard InChI is InChI=1S/C13H14N4/c1-2-6-14-12(3-1)10-4-5-13(15-7-10)11-8-16-17-9-11/h1-7,11,16-17H,8-9H2. The fourth-order valence-corrected chi connectivity index (χ4v) is 2.00. The highest BCUT2D eigenvalue weighted by atomic mass is 15.4. The molecule has 2 aromatic heterocycles. The summed E-state index contributed by atoms with van der Waals surface area (Å²) in [6, 6.07) is 10.1. The minimum Gasteiger partial charge on any atom is -0.260 e. The van der Waals surface area contributed by atoms with Crippen molar-refractivity contribution in [1.29, 1.82) is 0 Å². The summed E-state index contributed by atoms with van der Waals surface area (Å²) < 4.78 is 0. The van der Waals surface area contributed by atoms with E-state index in [-0.39, 0.29) is 0 Å². The monoisotopic (exact) mass is 226 g/mol. The minimum atomic E-state index is 0.466. The molecular formula is C13H14N4. The fraction of sp³-hybridized carbons (Fsp3) is 0.231. The Morgan fingerprint density at radius 3 is 2.53 bits per heavy atom. The van der Waals surface area contributed by atoms with E-state index in [1.807, 2.05) is 24.4 Å². The van der Waals surface area contributed by atoms with Gasteiger partial charge in [0, 0.05) is 42.7 Å². The first kappa shape index (κ1) is 10.4. The van der Waals surface area contributed by atoms with E-state index in [1.165, 1.54) is 0 Å². The first-order valence-corrected chi connectivity index (χ1v) is 5.76. The molecule has 0 bridgehead atoms. The van der Waals surface area contributed by atoms with Gasteiger partial charge in [-0.2, -0.15) is 0 Å². The number of nitrogens with one attached hydrogen (secondary N) is 2. The van der Waals surface area contributed by atoms with Crippen LogP contribution in [-0.4, -0.2) is 23.1 Å². The van der Waals surface area contributed by atoms with Gasteiger partial charge in [0.05, 0.1) is 5.69 Å². The number of nitrogens with zero attached hydrogens (tertiary/aromatic N) is 2. The van der Waals surface area contributed by atoms with Crippen molar-refractivity contribution in [3.05, 3.63) is 48.4 Å². The molecule has 3 heterocycles. The van der Waals surface area contributed by atoms with Crippen LogP contribution >= 0.6 is 0 Å². The van der Waals surface area contributed by atoms with Gasteiger partial charge in [-0.3, -0.25) is 20.8 Å². The van der Waals surface area contributed by atoms with Crippen LogP contribution in [0, 0.1) is 0 Å². The summed E-state index contributed by atoms with van der Waals surface area (Å²) in [5.74, 6) is 0.466. The van der Waals surface area contributed by atoms with Crippen molar-refractivity contribution < 1.29 is 0 Å². The topological polar surface area (TPSA) is 49.8 Å². The lowest BCUT2D eigenvalue weighted by atomic mass is 10.1. The zero-order valence-electron chi connectivity index (χ0n) is 9.43. The largest absolute Gasteiger partial charge is 0.260 e. The minimum absolute atomic E-state index is 0.466. The Morgan fingerprint density at radius 2 is 1.88 bits per heavy atom. The van der Waals surface area contributed by atoms with E-state index in [0.29, 0.717) is 5.92 Å². The molecule has 17 heavy (non-hydrogen) atoms. The summed E-state index contributed by atoms with van der Waals surface area (Å²) in [5.41, 5.74) is 9.39. The molecule has 0 spiro atoms. The summed E-state index contributed by atoms with van der Waals surface area (Å²) >= 11 is 0. The van der Waals surface area contributed by atoms with Gasteiger partial charge in [0.15, 0.2) is 0 Å². The van der Waals surface area contributed by atoms with Crippen LogP contribution in [0.15, 0.2) is 42.7 Å². The Morgan fingerprint density at radius 1 is 1.00 bits per heavy atom. The van der Waals surface area contributed by atoms with Crippen molar-refractivity contribution in [2.45, 2.75) is 5.92 Å². The lowest BCUT2D eigenvalue weighted by Gasteiger charge is -2.07. The van der Waals surface area contributed by atoms with E-state index in [1.54, 1.807) is 6.20 Å². The second kappa shape index (κ2) is 4.61. The third-order valence-electron chi connectivity index (χ3n) is 2.99. The van der Waals surface area contributed by atoms with E-state index in [4.69, 9.17) is 0 Å². The molecule has 1 fully saturated rings. The molecule has 0 amide bonds. The SMILES string of the molecule is c1ccc(-c2ccc(C3CNNC3)nc2)nc1. The van der Waals surface area contributed by atoms with Crippen molar-refractivity contribution >= 4 is 0 Å². The first-order valence-electron chi connectivity index (χ1n) is 5.76. The van der Waals surface area contributed by atoms with E-state index in [2.05, 4.69) is 33.0 Å². The van der Waals surface area contributed by atoms with Crippen LogP contribution in [0.4, 0.5) is 0 Å². The second-order valence-electron chi connectivity index (χ2n) is 4.15. The Balaban J connectivity index is 1.85. The number of hydrogen-bond donors (Lipinski definition) is 2. The predicted octanol–water partition coefficient (Wildman–Crippen LogP) is 1.33. The summed E-state index contributed by atoms with van der Waals surface area (Å²) in [4.78, 5) is 8.83. The summed E-state index contributed by atoms with van der Waals surface area (Å²) in [6.07, 6.45) is 3.70. The molecule has 2 N–H and O–H groups in total. The molecule has 4 nitrogen and oxygen atoms in total. The first-order chi connectivity index (χ1) is 8.43.